The van der Waals surface area contributed by atoms with Crippen LogP contribution in [0.25, 0.3) is 0 Å². The summed E-state index contributed by atoms with van der Waals surface area (Å²) < 4.78 is 0. The molecule has 0 fully saturated rings. The fraction of sp³-hybridized carbons (Fsp3) is 0.700. The SMILES string of the molecule is CCC(C(=O)NC(C)(C)CC(N)=O)C(N)=S. The van der Waals surface area contributed by atoms with E-state index in [9.17, 15) is 9.59 Å². The molecule has 1 atom stereocenters. The highest BCUT2D eigenvalue weighted by Gasteiger charge is 2.27. The van der Waals surface area contributed by atoms with E-state index in [0.29, 0.717) is 6.42 Å². The quantitative estimate of drug-likeness (QED) is 0.577. The lowest BCUT2D eigenvalue weighted by Gasteiger charge is -2.27. The third kappa shape index (κ3) is 5.06. The van der Waals surface area contributed by atoms with Crippen molar-refractivity contribution in [3.63, 3.8) is 0 Å². The Bertz CT molecular complexity index is 302. The minimum Gasteiger partial charge on any atom is -0.393 e. The summed E-state index contributed by atoms with van der Waals surface area (Å²) in [4.78, 5) is 22.7. The summed E-state index contributed by atoms with van der Waals surface area (Å²) in [5, 5.41) is 2.71. The molecule has 6 heteroatoms. The van der Waals surface area contributed by atoms with Crippen LogP contribution in [-0.4, -0.2) is 22.3 Å². The van der Waals surface area contributed by atoms with Crippen LogP contribution in [0.3, 0.4) is 0 Å². The van der Waals surface area contributed by atoms with Crippen LogP contribution in [0.1, 0.15) is 33.6 Å². The van der Waals surface area contributed by atoms with Gasteiger partial charge in [0, 0.05) is 12.0 Å². The first-order valence-corrected chi connectivity index (χ1v) is 5.50. The molecular formula is C10H19N3O2S. The summed E-state index contributed by atoms with van der Waals surface area (Å²) in [5.41, 5.74) is 9.85. The van der Waals surface area contributed by atoms with Gasteiger partial charge in [0.05, 0.1) is 10.9 Å². The van der Waals surface area contributed by atoms with Crippen molar-refractivity contribution in [3.05, 3.63) is 0 Å². The molecule has 0 saturated heterocycles. The van der Waals surface area contributed by atoms with Gasteiger partial charge in [0.2, 0.25) is 11.8 Å². The van der Waals surface area contributed by atoms with Crippen molar-refractivity contribution in [2.75, 3.05) is 0 Å². The Morgan fingerprint density at radius 1 is 1.38 bits per heavy atom. The summed E-state index contributed by atoms with van der Waals surface area (Å²) in [6.45, 7) is 5.27. The van der Waals surface area contributed by atoms with Crippen molar-refractivity contribution in [2.24, 2.45) is 17.4 Å². The van der Waals surface area contributed by atoms with Gasteiger partial charge < -0.3 is 16.8 Å². The second kappa shape index (κ2) is 5.79. The van der Waals surface area contributed by atoms with Gasteiger partial charge in [-0.2, -0.15) is 0 Å². The Hall–Kier alpha value is -1.17. The van der Waals surface area contributed by atoms with Crippen LogP contribution >= 0.6 is 12.2 Å². The maximum absolute atomic E-state index is 11.8. The molecule has 5 nitrogen and oxygen atoms in total. The lowest BCUT2D eigenvalue weighted by atomic mass is 9.97. The highest BCUT2D eigenvalue weighted by molar-refractivity contribution is 7.80. The molecule has 0 aliphatic rings. The molecule has 0 aromatic rings. The normalized spacial score (nSPS) is 12.9. The summed E-state index contributed by atoms with van der Waals surface area (Å²) in [5.74, 6) is -1.22. The van der Waals surface area contributed by atoms with Crippen LogP contribution in [-0.2, 0) is 9.59 Å². The molecule has 2 amide bonds. The smallest absolute Gasteiger partial charge is 0.230 e. The minimum absolute atomic E-state index is 0.0759. The van der Waals surface area contributed by atoms with E-state index in [0.717, 1.165) is 0 Å². The summed E-state index contributed by atoms with van der Waals surface area (Å²) in [7, 11) is 0. The number of rotatable bonds is 6. The maximum Gasteiger partial charge on any atom is 0.230 e. The Morgan fingerprint density at radius 3 is 2.19 bits per heavy atom. The van der Waals surface area contributed by atoms with Crippen molar-refractivity contribution in [1.29, 1.82) is 0 Å². The van der Waals surface area contributed by atoms with E-state index in [-0.39, 0.29) is 17.3 Å². The Kier molecular flexibility index (Phi) is 5.37. The fourth-order valence-electron chi connectivity index (χ4n) is 1.42. The van der Waals surface area contributed by atoms with E-state index in [2.05, 4.69) is 5.32 Å². The van der Waals surface area contributed by atoms with Gasteiger partial charge in [-0.25, -0.2) is 0 Å². The van der Waals surface area contributed by atoms with E-state index in [1.54, 1.807) is 13.8 Å². The zero-order chi connectivity index (χ0) is 12.9. The second-order valence-corrected chi connectivity index (χ2v) is 4.85. The number of nitrogens with one attached hydrogen (secondary N) is 1. The third-order valence-corrected chi connectivity index (χ3v) is 2.43. The number of hydrogen-bond donors (Lipinski definition) is 3. The number of hydrogen-bond acceptors (Lipinski definition) is 3. The number of nitrogens with two attached hydrogens (primary N) is 2. The molecule has 0 aromatic carbocycles. The lowest BCUT2D eigenvalue weighted by Crippen LogP contribution is -2.50. The van der Waals surface area contributed by atoms with Crippen molar-refractivity contribution < 1.29 is 9.59 Å². The van der Waals surface area contributed by atoms with Gasteiger partial charge >= 0.3 is 0 Å². The highest BCUT2D eigenvalue weighted by Crippen LogP contribution is 2.11. The van der Waals surface area contributed by atoms with Gasteiger partial charge in [0.1, 0.15) is 0 Å². The van der Waals surface area contributed by atoms with Crippen LogP contribution in [0, 0.1) is 5.92 Å². The first-order chi connectivity index (χ1) is 7.19. The van der Waals surface area contributed by atoms with Crippen LogP contribution in [0.5, 0.6) is 0 Å². The van der Waals surface area contributed by atoms with Crippen molar-refractivity contribution in [3.8, 4) is 0 Å². The molecule has 0 saturated carbocycles. The zero-order valence-electron chi connectivity index (χ0n) is 9.87. The predicted molar refractivity (Wildman–Crippen MR) is 66.6 cm³/mol. The summed E-state index contributed by atoms with van der Waals surface area (Å²) in [6, 6.07) is 0. The average Bonchev–Trinajstić information content (AvgIpc) is 1.99. The molecule has 0 bridgehead atoms. The first kappa shape index (κ1) is 14.8. The molecule has 1 unspecified atom stereocenters. The van der Waals surface area contributed by atoms with Crippen LogP contribution in [0.2, 0.25) is 0 Å². The number of thiocarbonyl (C=S) groups is 1. The zero-order valence-corrected chi connectivity index (χ0v) is 10.7. The molecule has 16 heavy (non-hydrogen) atoms. The maximum atomic E-state index is 11.8. The topological polar surface area (TPSA) is 98.2 Å². The monoisotopic (exact) mass is 245 g/mol. The van der Waals surface area contributed by atoms with Gasteiger partial charge in [-0.3, -0.25) is 9.59 Å². The summed E-state index contributed by atoms with van der Waals surface area (Å²) in [6.07, 6.45) is 0.611. The number of amides is 2. The molecule has 92 valence electrons. The molecule has 0 heterocycles. The molecule has 5 N–H and O–H groups in total. The largest absolute Gasteiger partial charge is 0.393 e. The Morgan fingerprint density at radius 2 is 1.88 bits per heavy atom. The first-order valence-electron chi connectivity index (χ1n) is 5.09. The molecule has 0 aliphatic heterocycles. The highest BCUT2D eigenvalue weighted by atomic mass is 32.1. The Labute approximate surface area is 101 Å². The van der Waals surface area contributed by atoms with E-state index in [1.807, 2.05) is 6.92 Å². The standard InChI is InChI=1S/C10H19N3O2S/c1-4-6(8(12)16)9(15)13-10(2,3)5-7(11)14/h6H,4-5H2,1-3H3,(H2,11,14)(H2,12,16)(H,13,15). The van der Waals surface area contributed by atoms with Crippen LogP contribution in [0.15, 0.2) is 0 Å². The van der Waals surface area contributed by atoms with E-state index in [1.165, 1.54) is 0 Å². The minimum atomic E-state index is -0.679. The van der Waals surface area contributed by atoms with Crippen molar-refractivity contribution in [1.82, 2.24) is 5.32 Å². The third-order valence-electron chi connectivity index (χ3n) is 2.15. The molecule has 0 radical (unpaired) electrons. The van der Waals surface area contributed by atoms with E-state index in [4.69, 9.17) is 23.7 Å². The summed E-state index contributed by atoms with van der Waals surface area (Å²) >= 11 is 4.79. The van der Waals surface area contributed by atoms with E-state index >= 15 is 0 Å². The Balaban J connectivity index is 4.53. The van der Waals surface area contributed by atoms with Crippen molar-refractivity contribution in [2.45, 2.75) is 39.2 Å². The number of primary amides is 1. The molecule has 0 aliphatic carbocycles. The van der Waals surface area contributed by atoms with Gasteiger partial charge in [-0.05, 0) is 20.3 Å². The fourth-order valence-corrected chi connectivity index (χ4v) is 1.69. The van der Waals surface area contributed by atoms with Gasteiger partial charge in [0.25, 0.3) is 0 Å². The van der Waals surface area contributed by atoms with Crippen molar-refractivity contribution >= 4 is 29.0 Å². The second-order valence-electron chi connectivity index (χ2n) is 4.38. The molecule has 0 spiro atoms. The van der Waals surface area contributed by atoms with Gasteiger partial charge in [-0.1, -0.05) is 19.1 Å². The molecular weight excluding hydrogens is 226 g/mol. The number of carbonyl (C=O) groups is 2. The predicted octanol–water partition coefficient (Wildman–Crippen LogP) is 0.0689. The van der Waals surface area contributed by atoms with Crippen LogP contribution < -0.4 is 16.8 Å². The van der Waals surface area contributed by atoms with Gasteiger partial charge in [-0.15, -0.1) is 0 Å². The lowest BCUT2D eigenvalue weighted by molar-refractivity contribution is -0.125. The van der Waals surface area contributed by atoms with Crippen LogP contribution in [0.4, 0.5) is 0 Å². The number of carbonyl (C=O) groups excluding carboxylic acids is 2. The van der Waals surface area contributed by atoms with E-state index < -0.39 is 17.4 Å². The average molecular weight is 245 g/mol. The molecule has 0 rings (SSSR count). The van der Waals surface area contributed by atoms with Gasteiger partial charge in [0.15, 0.2) is 0 Å². The molecule has 0 aromatic heterocycles.